The van der Waals surface area contributed by atoms with Gasteiger partial charge in [-0.2, -0.15) is 4.72 Å². The van der Waals surface area contributed by atoms with Crippen LogP contribution in [0.3, 0.4) is 0 Å². The number of benzene rings is 1. The lowest BCUT2D eigenvalue weighted by molar-refractivity contribution is -0.144. The molecule has 0 aliphatic rings. The summed E-state index contributed by atoms with van der Waals surface area (Å²) in [4.78, 5) is 11.3. The SMILES string of the molecule is CCC(CC)(NS(=O)(=O)C=Cc1ccc(Cl)cc1)C(=O)O. The van der Waals surface area contributed by atoms with Crippen molar-refractivity contribution >= 4 is 33.7 Å². The smallest absolute Gasteiger partial charge is 0.324 e. The fourth-order valence-corrected chi connectivity index (χ4v) is 3.24. The van der Waals surface area contributed by atoms with Crippen molar-refractivity contribution in [2.75, 3.05) is 0 Å². The van der Waals surface area contributed by atoms with Gasteiger partial charge in [0.25, 0.3) is 0 Å². The molecule has 0 saturated carbocycles. The second-order valence-electron chi connectivity index (χ2n) is 4.60. The van der Waals surface area contributed by atoms with Crippen LogP contribution in [0.2, 0.25) is 5.02 Å². The molecule has 0 saturated heterocycles. The predicted octanol–water partition coefficient (Wildman–Crippen LogP) is 2.87. The highest BCUT2D eigenvalue weighted by Crippen LogP contribution is 2.18. The number of carbonyl (C=O) groups is 1. The lowest BCUT2D eigenvalue weighted by Crippen LogP contribution is -2.53. The number of aliphatic carboxylic acids is 1. The molecule has 2 N–H and O–H groups in total. The third-order valence-corrected chi connectivity index (χ3v) is 4.69. The Labute approximate surface area is 129 Å². The van der Waals surface area contributed by atoms with Gasteiger partial charge in [-0.3, -0.25) is 4.79 Å². The van der Waals surface area contributed by atoms with Crippen LogP contribution in [0.1, 0.15) is 32.3 Å². The number of nitrogens with one attached hydrogen (secondary N) is 1. The molecule has 0 heterocycles. The van der Waals surface area contributed by atoms with E-state index in [2.05, 4.69) is 4.72 Å². The van der Waals surface area contributed by atoms with Crippen molar-refractivity contribution < 1.29 is 18.3 Å². The lowest BCUT2D eigenvalue weighted by atomic mass is 9.95. The number of sulfonamides is 1. The summed E-state index contributed by atoms with van der Waals surface area (Å²) in [7, 11) is -3.86. The number of rotatable bonds is 7. The van der Waals surface area contributed by atoms with Crippen LogP contribution in [0.25, 0.3) is 6.08 Å². The molecule has 21 heavy (non-hydrogen) atoms. The Hall–Kier alpha value is -1.37. The molecule has 1 aromatic rings. The second-order valence-corrected chi connectivity index (χ2v) is 6.60. The molecule has 0 spiro atoms. The Bertz CT molecular complexity index is 619. The van der Waals surface area contributed by atoms with Crippen LogP contribution in [0, 0.1) is 0 Å². The van der Waals surface area contributed by atoms with E-state index in [-0.39, 0.29) is 12.8 Å². The van der Waals surface area contributed by atoms with E-state index in [1.165, 1.54) is 6.08 Å². The number of carboxylic acid groups (broad SMARTS) is 1. The Morgan fingerprint density at radius 2 is 1.81 bits per heavy atom. The number of halogens is 1. The van der Waals surface area contributed by atoms with E-state index in [0.717, 1.165) is 5.41 Å². The van der Waals surface area contributed by atoms with E-state index in [4.69, 9.17) is 11.6 Å². The quantitative estimate of drug-likeness (QED) is 0.804. The number of carboxylic acids is 1. The Morgan fingerprint density at radius 1 is 1.29 bits per heavy atom. The van der Waals surface area contributed by atoms with Gasteiger partial charge in [-0.1, -0.05) is 37.6 Å². The summed E-state index contributed by atoms with van der Waals surface area (Å²) >= 11 is 5.74. The largest absolute Gasteiger partial charge is 0.480 e. The highest BCUT2D eigenvalue weighted by atomic mass is 35.5. The van der Waals surface area contributed by atoms with Gasteiger partial charge in [0.1, 0.15) is 5.54 Å². The van der Waals surface area contributed by atoms with E-state index in [1.54, 1.807) is 38.1 Å². The van der Waals surface area contributed by atoms with E-state index < -0.39 is 21.5 Å². The van der Waals surface area contributed by atoms with Crippen molar-refractivity contribution in [1.29, 1.82) is 0 Å². The highest BCUT2D eigenvalue weighted by molar-refractivity contribution is 7.92. The fourth-order valence-electron chi connectivity index (χ4n) is 1.79. The molecule has 0 fully saturated rings. The van der Waals surface area contributed by atoms with Crippen molar-refractivity contribution in [3.63, 3.8) is 0 Å². The minimum Gasteiger partial charge on any atom is -0.480 e. The van der Waals surface area contributed by atoms with Crippen LogP contribution in [-0.4, -0.2) is 25.0 Å². The summed E-state index contributed by atoms with van der Waals surface area (Å²) in [5.41, 5.74) is -0.831. The highest BCUT2D eigenvalue weighted by Gasteiger charge is 2.38. The topological polar surface area (TPSA) is 83.5 Å². The first-order valence-corrected chi connectivity index (χ1v) is 8.38. The van der Waals surface area contributed by atoms with Gasteiger partial charge in [0.2, 0.25) is 10.0 Å². The average molecular weight is 332 g/mol. The molecular formula is C14H18ClNO4S. The van der Waals surface area contributed by atoms with Crippen LogP contribution in [-0.2, 0) is 14.8 Å². The van der Waals surface area contributed by atoms with Crippen molar-refractivity contribution in [2.45, 2.75) is 32.2 Å². The van der Waals surface area contributed by atoms with Gasteiger partial charge in [0.15, 0.2) is 0 Å². The lowest BCUT2D eigenvalue weighted by Gasteiger charge is -2.26. The van der Waals surface area contributed by atoms with Crippen LogP contribution >= 0.6 is 11.6 Å². The zero-order valence-electron chi connectivity index (χ0n) is 11.8. The first-order valence-electron chi connectivity index (χ1n) is 6.45. The van der Waals surface area contributed by atoms with Gasteiger partial charge >= 0.3 is 5.97 Å². The molecule has 5 nitrogen and oxygen atoms in total. The summed E-state index contributed by atoms with van der Waals surface area (Å²) in [5, 5.41) is 10.7. The maximum Gasteiger partial charge on any atom is 0.324 e. The van der Waals surface area contributed by atoms with Crippen molar-refractivity contribution in [3.8, 4) is 0 Å². The third kappa shape index (κ3) is 4.84. The number of hydrogen-bond donors (Lipinski definition) is 2. The standard InChI is InChI=1S/C14H18ClNO4S/c1-3-14(4-2,13(17)18)16-21(19,20)10-9-11-5-7-12(15)8-6-11/h5-10,16H,3-4H2,1-2H3,(H,17,18). The number of hydrogen-bond acceptors (Lipinski definition) is 3. The maximum atomic E-state index is 12.0. The predicted molar refractivity (Wildman–Crippen MR) is 83.5 cm³/mol. The molecule has 1 rings (SSSR count). The third-order valence-electron chi connectivity index (χ3n) is 3.26. The Balaban J connectivity index is 2.96. The Morgan fingerprint density at radius 3 is 2.24 bits per heavy atom. The molecule has 116 valence electrons. The summed E-state index contributed by atoms with van der Waals surface area (Å²) in [5.74, 6) is -1.18. The molecule has 0 aliphatic carbocycles. The normalized spacial score (nSPS) is 12.7. The van der Waals surface area contributed by atoms with Crippen LogP contribution in [0.5, 0.6) is 0 Å². The first-order chi connectivity index (χ1) is 9.74. The van der Waals surface area contributed by atoms with Crippen LogP contribution < -0.4 is 4.72 Å². The van der Waals surface area contributed by atoms with Gasteiger partial charge in [0, 0.05) is 10.4 Å². The van der Waals surface area contributed by atoms with Gasteiger partial charge in [-0.05, 0) is 36.6 Å². The second kappa shape index (κ2) is 7.06. The van der Waals surface area contributed by atoms with Gasteiger partial charge in [-0.15, -0.1) is 0 Å². The molecule has 1 aromatic carbocycles. The maximum absolute atomic E-state index is 12.0. The summed E-state index contributed by atoms with van der Waals surface area (Å²) < 4.78 is 26.3. The molecule has 0 atom stereocenters. The average Bonchev–Trinajstić information content (AvgIpc) is 2.44. The van der Waals surface area contributed by atoms with Gasteiger partial charge < -0.3 is 5.11 Å². The van der Waals surface area contributed by atoms with Gasteiger partial charge in [0.05, 0.1) is 0 Å². The molecule has 0 bridgehead atoms. The van der Waals surface area contributed by atoms with E-state index in [9.17, 15) is 18.3 Å². The van der Waals surface area contributed by atoms with E-state index in [1.807, 2.05) is 0 Å². The summed E-state index contributed by atoms with van der Waals surface area (Å²) in [6.07, 6.45) is 1.70. The van der Waals surface area contributed by atoms with Crippen molar-refractivity contribution in [1.82, 2.24) is 4.72 Å². The molecular weight excluding hydrogens is 314 g/mol. The molecule has 0 aromatic heterocycles. The van der Waals surface area contributed by atoms with Crippen LogP contribution in [0.15, 0.2) is 29.7 Å². The summed E-state index contributed by atoms with van der Waals surface area (Å²) in [6.45, 7) is 3.26. The molecule has 0 radical (unpaired) electrons. The molecule has 0 amide bonds. The Kier molecular flexibility index (Phi) is 5.95. The van der Waals surface area contributed by atoms with Crippen LogP contribution in [0.4, 0.5) is 0 Å². The minimum absolute atomic E-state index is 0.160. The fraction of sp³-hybridized carbons (Fsp3) is 0.357. The minimum atomic E-state index is -3.86. The van der Waals surface area contributed by atoms with Gasteiger partial charge in [-0.25, -0.2) is 8.42 Å². The van der Waals surface area contributed by atoms with E-state index >= 15 is 0 Å². The molecule has 0 aliphatic heterocycles. The molecule has 0 unspecified atom stereocenters. The van der Waals surface area contributed by atoms with E-state index in [0.29, 0.717) is 10.6 Å². The summed E-state index contributed by atoms with van der Waals surface area (Å²) in [6, 6.07) is 6.61. The van der Waals surface area contributed by atoms with Crippen molar-refractivity contribution in [2.24, 2.45) is 0 Å². The molecule has 7 heteroatoms. The zero-order chi connectivity index (χ0) is 16.1. The first kappa shape index (κ1) is 17.7. The monoisotopic (exact) mass is 331 g/mol. The zero-order valence-corrected chi connectivity index (χ0v) is 13.4. The van der Waals surface area contributed by atoms with Crippen molar-refractivity contribution in [3.05, 3.63) is 40.3 Å².